The van der Waals surface area contributed by atoms with Crippen molar-refractivity contribution in [3.05, 3.63) is 364 Å². The molecule has 12 rings (SSSR count). The first-order valence-electron chi connectivity index (χ1n) is 27.3. The van der Waals surface area contributed by atoms with Gasteiger partial charge in [0.1, 0.15) is 0 Å². The van der Waals surface area contributed by atoms with E-state index in [2.05, 4.69) is 384 Å². The molecule has 0 unspecified atom stereocenters. The minimum absolute atomic E-state index is 0.139. The molecule has 0 N–H and O–H groups in total. The van der Waals surface area contributed by atoms with E-state index in [4.69, 9.17) is 0 Å². The zero-order valence-corrected chi connectivity index (χ0v) is 50.7. The Morgan fingerprint density at radius 1 is 0.138 bits per heavy atom. The third kappa shape index (κ3) is 18.3. The highest BCUT2D eigenvalue weighted by Gasteiger charge is 2.18. The summed E-state index contributed by atoms with van der Waals surface area (Å²) in [4.78, 5) is 0. The normalized spacial score (nSPS) is 10.5. The van der Waals surface area contributed by atoms with Gasteiger partial charge in [0.2, 0.25) is 0 Å². The molecule has 0 aliphatic heterocycles. The minimum atomic E-state index is -0.446. The van der Waals surface area contributed by atoms with Crippen molar-refractivity contribution in [2.75, 3.05) is 0 Å². The number of benzene rings is 12. The zero-order valence-electron chi connectivity index (χ0n) is 46.0. The van der Waals surface area contributed by atoms with Crippen LogP contribution in [-0.2, 0) is 0 Å². The Hall–Kier alpha value is -7.42. The molecule has 0 bridgehead atoms. The molecule has 80 heavy (non-hydrogen) atoms. The van der Waals surface area contributed by atoms with Crippen LogP contribution in [0.5, 0.6) is 0 Å². The molecule has 394 valence electrons. The van der Waals surface area contributed by atoms with Crippen LogP contribution in [0.25, 0.3) is 0 Å². The summed E-state index contributed by atoms with van der Waals surface area (Å²) < 4.78 is 0. The standard InChI is InChI=1S/4C18H15P.C3H10Si/c4*1-4-10-16(11-5-1)19(17-12-6-2-7-13-17)18-14-8-3-9-15-18;1-4(2)3/h4*1-15H;4H,1-3H3. The van der Waals surface area contributed by atoms with Crippen LogP contribution in [0.4, 0.5) is 0 Å². The van der Waals surface area contributed by atoms with E-state index in [1.165, 1.54) is 63.7 Å². The predicted octanol–water partition coefficient (Wildman–Crippen LogP) is 14.9. The smallest absolute Gasteiger partial charge is 0.0274 e. The molecule has 0 saturated heterocycles. The summed E-state index contributed by atoms with van der Waals surface area (Å²) >= 11 is 0. The zero-order chi connectivity index (χ0) is 55.2. The van der Waals surface area contributed by atoms with Crippen molar-refractivity contribution in [1.82, 2.24) is 0 Å². The van der Waals surface area contributed by atoms with Crippen LogP contribution in [0.15, 0.2) is 364 Å². The van der Waals surface area contributed by atoms with Gasteiger partial charge in [-0.1, -0.05) is 384 Å². The average molecular weight is 1120 g/mol. The molecule has 0 atom stereocenters. The Morgan fingerprint density at radius 2 is 0.200 bits per heavy atom. The third-order valence-corrected chi connectivity index (χ3v) is 21.9. The molecule has 0 radical (unpaired) electrons. The quantitative estimate of drug-likeness (QED) is 0.0845. The molecule has 0 nitrogen and oxygen atoms in total. The van der Waals surface area contributed by atoms with Gasteiger partial charge in [-0.25, -0.2) is 0 Å². The van der Waals surface area contributed by atoms with Gasteiger partial charge in [-0.05, 0) is 95.3 Å². The Morgan fingerprint density at radius 3 is 0.263 bits per heavy atom. The van der Waals surface area contributed by atoms with Crippen molar-refractivity contribution in [1.29, 1.82) is 0 Å². The maximum Gasteiger partial charge on any atom is 0.0274 e. The summed E-state index contributed by atoms with van der Waals surface area (Å²) in [5, 5.41) is 16.8. The summed E-state index contributed by atoms with van der Waals surface area (Å²) in [7, 11) is -1.92. The molecule has 0 spiro atoms. The van der Waals surface area contributed by atoms with E-state index < -0.39 is 31.7 Å². The van der Waals surface area contributed by atoms with Crippen molar-refractivity contribution in [3.8, 4) is 0 Å². The molecular formula is C75H70P4Si. The Balaban J connectivity index is 0.000000137. The Bertz CT molecular complexity index is 2630. The molecule has 0 saturated carbocycles. The fourth-order valence-electron chi connectivity index (χ4n) is 8.71. The second kappa shape index (κ2) is 33.2. The van der Waals surface area contributed by atoms with Crippen molar-refractivity contribution in [3.63, 3.8) is 0 Å². The second-order valence-electron chi connectivity index (χ2n) is 19.1. The fraction of sp³-hybridized carbons (Fsp3) is 0.0400. The summed E-state index contributed by atoms with van der Waals surface area (Å²) in [6.07, 6.45) is 0. The predicted molar refractivity (Wildman–Crippen MR) is 365 cm³/mol. The molecule has 5 heteroatoms. The molecule has 0 fully saturated rings. The maximum atomic E-state index is 2.31. The first-order valence-corrected chi connectivity index (χ1v) is 36.2. The second-order valence-corrected chi connectivity index (χ2v) is 31.4. The van der Waals surface area contributed by atoms with Crippen molar-refractivity contribution < 1.29 is 0 Å². The molecule has 0 amide bonds. The van der Waals surface area contributed by atoms with E-state index in [9.17, 15) is 0 Å². The lowest BCUT2D eigenvalue weighted by Crippen LogP contribution is -2.20. The van der Waals surface area contributed by atoms with Crippen LogP contribution in [-0.4, -0.2) is 8.80 Å². The van der Waals surface area contributed by atoms with Gasteiger partial charge in [0, 0.05) is 8.80 Å². The molecule has 0 aliphatic rings. The Kier molecular flexibility index (Phi) is 24.4. The van der Waals surface area contributed by atoms with E-state index in [-0.39, 0.29) is 8.80 Å². The van der Waals surface area contributed by atoms with Crippen molar-refractivity contribution in [2.24, 2.45) is 0 Å². The van der Waals surface area contributed by atoms with E-state index in [1.54, 1.807) is 0 Å². The van der Waals surface area contributed by atoms with Gasteiger partial charge >= 0.3 is 0 Å². The SMILES string of the molecule is C[SiH](C)C.c1ccc(P(c2ccccc2)c2ccccc2)cc1.c1ccc(P(c2ccccc2)c2ccccc2)cc1.c1ccc(P(c2ccccc2)c2ccccc2)cc1.c1ccc(P(c2ccccc2)c2ccccc2)cc1. The molecule has 0 aliphatic carbocycles. The van der Waals surface area contributed by atoms with E-state index in [0.29, 0.717) is 0 Å². The summed E-state index contributed by atoms with van der Waals surface area (Å²) in [6.45, 7) is 6.92. The highest BCUT2D eigenvalue weighted by atomic mass is 31.1. The van der Waals surface area contributed by atoms with Crippen LogP contribution in [0.2, 0.25) is 19.6 Å². The lowest BCUT2D eigenvalue weighted by molar-refractivity contribution is 1.74. The van der Waals surface area contributed by atoms with Crippen LogP contribution in [0, 0.1) is 0 Å². The van der Waals surface area contributed by atoms with Crippen LogP contribution < -0.4 is 63.7 Å². The summed E-state index contributed by atoms with van der Waals surface area (Å²) in [6, 6.07) is 129. The number of hydrogen-bond acceptors (Lipinski definition) is 0. The third-order valence-electron chi connectivity index (χ3n) is 12.2. The molecule has 12 aromatic carbocycles. The molecular weight excluding hydrogens is 1050 g/mol. The highest BCUT2D eigenvalue weighted by molar-refractivity contribution is 7.81. The number of hydrogen-bond donors (Lipinski definition) is 0. The first-order chi connectivity index (χ1) is 39.5. The van der Waals surface area contributed by atoms with Gasteiger partial charge in [0.25, 0.3) is 0 Å². The van der Waals surface area contributed by atoms with E-state index >= 15 is 0 Å². The van der Waals surface area contributed by atoms with Gasteiger partial charge in [0.15, 0.2) is 0 Å². The van der Waals surface area contributed by atoms with Gasteiger partial charge in [-0.15, -0.1) is 0 Å². The van der Waals surface area contributed by atoms with Gasteiger partial charge < -0.3 is 0 Å². The number of rotatable bonds is 12. The van der Waals surface area contributed by atoms with Crippen molar-refractivity contribution >= 4 is 104 Å². The summed E-state index contributed by atoms with van der Waals surface area (Å²) in [5.41, 5.74) is 0. The van der Waals surface area contributed by atoms with Crippen molar-refractivity contribution in [2.45, 2.75) is 19.6 Å². The highest BCUT2D eigenvalue weighted by Crippen LogP contribution is 2.35. The lowest BCUT2D eigenvalue weighted by Gasteiger charge is -2.18. The minimum Gasteiger partial charge on any atom is -0.0724 e. The lowest BCUT2D eigenvalue weighted by atomic mass is 10.4. The van der Waals surface area contributed by atoms with Crippen LogP contribution in [0.3, 0.4) is 0 Å². The fourth-order valence-corrected chi connectivity index (χ4v) is 17.9. The topological polar surface area (TPSA) is 0 Å². The van der Waals surface area contributed by atoms with E-state index in [1.807, 2.05) is 0 Å². The largest absolute Gasteiger partial charge is 0.0724 e. The Labute approximate surface area is 484 Å². The average Bonchev–Trinajstić information content (AvgIpc) is 3.53. The molecule has 12 aromatic rings. The molecule has 0 aromatic heterocycles. The van der Waals surface area contributed by atoms with Crippen LogP contribution >= 0.6 is 31.7 Å². The van der Waals surface area contributed by atoms with E-state index in [0.717, 1.165) is 0 Å². The molecule has 0 heterocycles. The first kappa shape index (κ1) is 58.7. The monoisotopic (exact) mass is 1120 g/mol. The van der Waals surface area contributed by atoms with Gasteiger partial charge in [-0.2, -0.15) is 0 Å². The van der Waals surface area contributed by atoms with Crippen LogP contribution in [0.1, 0.15) is 0 Å². The van der Waals surface area contributed by atoms with Gasteiger partial charge in [0.05, 0.1) is 0 Å². The van der Waals surface area contributed by atoms with Gasteiger partial charge in [-0.3, -0.25) is 0 Å². The maximum absolute atomic E-state index is 2.31. The summed E-state index contributed by atoms with van der Waals surface area (Å²) in [5.74, 6) is 0.